The third kappa shape index (κ3) is 2.79. The van der Waals surface area contributed by atoms with Gasteiger partial charge in [0.2, 0.25) is 0 Å². The number of aromatic nitrogens is 3. The lowest BCUT2D eigenvalue weighted by Gasteiger charge is -2.13. The van der Waals surface area contributed by atoms with E-state index in [4.69, 9.17) is 9.84 Å². The SMILES string of the molecule is CCn1ncnc1COc1c(C)cc(C(=O)O)cc1C. The van der Waals surface area contributed by atoms with Crippen molar-refractivity contribution < 1.29 is 14.6 Å². The second kappa shape index (κ2) is 5.73. The van der Waals surface area contributed by atoms with E-state index in [0.717, 1.165) is 23.5 Å². The van der Waals surface area contributed by atoms with Crippen LogP contribution in [0.5, 0.6) is 5.75 Å². The van der Waals surface area contributed by atoms with Gasteiger partial charge in [0.25, 0.3) is 0 Å². The molecule has 1 heterocycles. The maximum Gasteiger partial charge on any atom is 0.335 e. The van der Waals surface area contributed by atoms with Gasteiger partial charge in [-0.15, -0.1) is 0 Å². The van der Waals surface area contributed by atoms with Crippen LogP contribution in [-0.2, 0) is 13.2 Å². The van der Waals surface area contributed by atoms with Crippen LogP contribution < -0.4 is 4.74 Å². The molecule has 2 aromatic rings. The van der Waals surface area contributed by atoms with Crippen LogP contribution in [0.3, 0.4) is 0 Å². The summed E-state index contributed by atoms with van der Waals surface area (Å²) in [5, 5.41) is 13.1. The highest BCUT2D eigenvalue weighted by Crippen LogP contribution is 2.25. The Bertz CT molecular complexity index is 611. The minimum Gasteiger partial charge on any atom is -0.485 e. The van der Waals surface area contributed by atoms with E-state index >= 15 is 0 Å². The predicted octanol–water partition coefficient (Wildman–Crippen LogP) is 2.19. The van der Waals surface area contributed by atoms with Crippen molar-refractivity contribution in [3.63, 3.8) is 0 Å². The highest BCUT2D eigenvalue weighted by molar-refractivity contribution is 5.88. The number of carbonyl (C=O) groups is 1. The first-order valence-electron chi connectivity index (χ1n) is 6.37. The molecule has 0 fully saturated rings. The molecule has 0 saturated heterocycles. The molecular weight excluding hydrogens is 258 g/mol. The average molecular weight is 275 g/mol. The molecular formula is C14H17N3O3. The molecule has 0 aliphatic rings. The Hall–Kier alpha value is -2.37. The van der Waals surface area contributed by atoms with Crippen molar-refractivity contribution in [2.45, 2.75) is 33.9 Å². The van der Waals surface area contributed by atoms with Gasteiger partial charge in [0, 0.05) is 6.54 Å². The summed E-state index contributed by atoms with van der Waals surface area (Å²) in [7, 11) is 0. The Kier molecular flexibility index (Phi) is 4.02. The van der Waals surface area contributed by atoms with E-state index in [1.54, 1.807) is 16.8 Å². The summed E-state index contributed by atoms with van der Waals surface area (Å²) in [6.45, 7) is 6.69. The van der Waals surface area contributed by atoms with Crippen molar-refractivity contribution in [3.8, 4) is 5.75 Å². The number of carboxylic acids is 1. The predicted molar refractivity (Wildman–Crippen MR) is 72.9 cm³/mol. The largest absolute Gasteiger partial charge is 0.485 e. The molecule has 20 heavy (non-hydrogen) atoms. The monoisotopic (exact) mass is 275 g/mol. The molecule has 0 spiro atoms. The molecule has 1 aromatic carbocycles. The van der Waals surface area contributed by atoms with Crippen LogP contribution in [0.1, 0.15) is 34.2 Å². The van der Waals surface area contributed by atoms with Gasteiger partial charge in [-0.05, 0) is 44.0 Å². The van der Waals surface area contributed by atoms with Gasteiger partial charge in [-0.1, -0.05) is 0 Å². The van der Waals surface area contributed by atoms with Crippen molar-refractivity contribution in [3.05, 3.63) is 41.0 Å². The van der Waals surface area contributed by atoms with Crippen LogP contribution in [0.4, 0.5) is 0 Å². The van der Waals surface area contributed by atoms with Gasteiger partial charge >= 0.3 is 5.97 Å². The molecule has 2 rings (SSSR count). The summed E-state index contributed by atoms with van der Waals surface area (Å²) in [6.07, 6.45) is 1.50. The first-order chi connectivity index (χ1) is 9.52. The minimum atomic E-state index is -0.937. The van der Waals surface area contributed by atoms with Gasteiger partial charge < -0.3 is 9.84 Å². The first kappa shape index (κ1) is 14.0. The van der Waals surface area contributed by atoms with Crippen molar-refractivity contribution >= 4 is 5.97 Å². The second-order valence-corrected chi connectivity index (χ2v) is 4.53. The van der Waals surface area contributed by atoms with Gasteiger partial charge in [0.05, 0.1) is 5.56 Å². The maximum atomic E-state index is 11.0. The molecule has 0 radical (unpaired) electrons. The van der Waals surface area contributed by atoms with E-state index < -0.39 is 5.97 Å². The lowest BCUT2D eigenvalue weighted by molar-refractivity contribution is 0.0696. The summed E-state index contributed by atoms with van der Waals surface area (Å²) in [5.74, 6) is 0.503. The van der Waals surface area contributed by atoms with Crippen LogP contribution >= 0.6 is 0 Å². The number of carboxylic acid groups (broad SMARTS) is 1. The normalized spacial score (nSPS) is 10.6. The summed E-state index contributed by atoms with van der Waals surface area (Å²) >= 11 is 0. The summed E-state index contributed by atoms with van der Waals surface area (Å²) in [5.41, 5.74) is 1.86. The molecule has 0 atom stereocenters. The third-order valence-electron chi connectivity index (χ3n) is 3.05. The van der Waals surface area contributed by atoms with Crippen LogP contribution in [-0.4, -0.2) is 25.8 Å². The van der Waals surface area contributed by atoms with Gasteiger partial charge in [-0.3, -0.25) is 0 Å². The fraction of sp³-hybridized carbons (Fsp3) is 0.357. The number of aromatic carboxylic acids is 1. The lowest BCUT2D eigenvalue weighted by atomic mass is 10.1. The number of ether oxygens (including phenoxy) is 1. The quantitative estimate of drug-likeness (QED) is 0.905. The molecule has 1 N–H and O–H groups in total. The number of rotatable bonds is 5. The zero-order valence-corrected chi connectivity index (χ0v) is 11.8. The summed E-state index contributed by atoms with van der Waals surface area (Å²) in [4.78, 5) is 15.1. The van der Waals surface area contributed by atoms with Crippen molar-refractivity contribution in [2.24, 2.45) is 0 Å². The fourth-order valence-corrected chi connectivity index (χ4v) is 2.10. The molecule has 0 aliphatic carbocycles. The number of hydrogen-bond acceptors (Lipinski definition) is 4. The highest BCUT2D eigenvalue weighted by atomic mass is 16.5. The molecule has 6 heteroatoms. The zero-order chi connectivity index (χ0) is 14.7. The van der Waals surface area contributed by atoms with Crippen LogP contribution in [0, 0.1) is 13.8 Å². The molecule has 106 valence electrons. The fourth-order valence-electron chi connectivity index (χ4n) is 2.10. The topological polar surface area (TPSA) is 77.2 Å². The van der Waals surface area contributed by atoms with Gasteiger partial charge in [0.15, 0.2) is 5.82 Å². The third-order valence-corrected chi connectivity index (χ3v) is 3.05. The summed E-state index contributed by atoms with van der Waals surface area (Å²) < 4.78 is 7.53. The van der Waals surface area contributed by atoms with Gasteiger partial charge in [-0.2, -0.15) is 5.10 Å². The minimum absolute atomic E-state index is 0.268. The van der Waals surface area contributed by atoms with E-state index in [9.17, 15) is 4.79 Å². The molecule has 0 amide bonds. The van der Waals surface area contributed by atoms with Crippen molar-refractivity contribution in [1.82, 2.24) is 14.8 Å². The van der Waals surface area contributed by atoms with E-state index in [-0.39, 0.29) is 5.56 Å². The Balaban J connectivity index is 2.20. The van der Waals surface area contributed by atoms with Crippen LogP contribution in [0.2, 0.25) is 0 Å². The number of nitrogens with zero attached hydrogens (tertiary/aromatic N) is 3. The highest BCUT2D eigenvalue weighted by Gasteiger charge is 2.12. The van der Waals surface area contributed by atoms with Crippen molar-refractivity contribution in [1.29, 1.82) is 0 Å². The second-order valence-electron chi connectivity index (χ2n) is 4.53. The van der Waals surface area contributed by atoms with Gasteiger partial charge in [-0.25, -0.2) is 14.5 Å². The summed E-state index contributed by atoms with van der Waals surface area (Å²) in [6, 6.07) is 3.21. The van der Waals surface area contributed by atoms with E-state index in [1.165, 1.54) is 6.33 Å². The number of aryl methyl sites for hydroxylation is 3. The van der Waals surface area contributed by atoms with Crippen molar-refractivity contribution in [2.75, 3.05) is 0 Å². The van der Waals surface area contributed by atoms with Gasteiger partial charge in [0.1, 0.15) is 18.7 Å². The van der Waals surface area contributed by atoms with Crippen LogP contribution in [0.15, 0.2) is 18.5 Å². The molecule has 6 nitrogen and oxygen atoms in total. The van der Waals surface area contributed by atoms with Crippen LogP contribution in [0.25, 0.3) is 0 Å². The van der Waals surface area contributed by atoms with E-state index in [1.807, 2.05) is 20.8 Å². The lowest BCUT2D eigenvalue weighted by Crippen LogP contribution is -2.09. The first-order valence-corrected chi connectivity index (χ1v) is 6.37. The Morgan fingerprint density at radius 1 is 1.35 bits per heavy atom. The maximum absolute atomic E-state index is 11.0. The van der Waals surface area contributed by atoms with E-state index in [2.05, 4.69) is 10.1 Å². The number of hydrogen-bond donors (Lipinski definition) is 1. The van der Waals surface area contributed by atoms with E-state index in [0.29, 0.717) is 12.4 Å². The standard InChI is InChI=1S/C14H17N3O3/c1-4-17-12(15-8-16-17)7-20-13-9(2)5-11(14(18)19)6-10(13)3/h5-6,8H,4,7H2,1-3H3,(H,18,19). The molecule has 0 unspecified atom stereocenters. The number of benzene rings is 1. The average Bonchev–Trinajstić information content (AvgIpc) is 2.84. The molecule has 0 saturated carbocycles. The Labute approximate surface area is 117 Å². The molecule has 0 bridgehead atoms. The smallest absolute Gasteiger partial charge is 0.335 e. The molecule has 1 aromatic heterocycles. The zero-order valence-electron chi connectivity index (χ0n) is 11.8. The Morgan fingerprint density at radius 2 is 2.00 bits per heavy atom. The Morgan fingerprint density at radius 3 is 2.55 bits per heavy atom. The molecule has 0 aliphatic heterocycles.